The Kier molecular flexibility index (Phi) is 4.99. The van der Waals surface area contributed by atoms with Gasteiger partial charge >= 0.3 is 0 Å². The van der Waals surface area contributed by atoms with E-state index in [1.165, 1.54) is 18.4 Å². The molecule has 140 valence electrons. The number of fused-ring (bicyclic) bond motifs is 1. The Morgan fingerprint density at radius 3 is 2.85 bits per heavy atom. The summed E-state index contributed by atoms with van der Waals surface area (Å²) in [6.45, 7) is 4.43. The van der Waals surface area contributed by atoms with Gasteiger partial charge in [-0.05, 0) is 67.6 Å². The topological polar surface area (TPSA) is 56.5 Å². The molecule has 2 aliphatic rings. The molecule has 1 heterocycles. The molecule has 0 aromatic heterocycles. The Bertz CT molecular complexity index is 892. The quantitative estimate of drug-likeness (QED) is 0.836. The van der Waals surface area contributed by atoms with Gasteiger partial charge in [-0.25, -0.2) is 0 Å². The maximum atomic E-state index is 10.0. The Morgan fingerprint density at radius 1 is 1.26 bits per heavy atom. The summed E-state index contributed by atoms with van der Waals surface area (Å²) >= 11 is 6.36. The number of aromatic hydroxyl groups is 1. The minimum absolute atomic E-state index is 0.192. The van der Waals surface area contributed by atoms with E-state index in [9.17, 15) is 5.11 Å². The van der Waals surface area contributed by atoms with Crippen LogP contribution in [0.25, 0.3) is 0 Å². The molecule has 1 N–H and O–H groups in total. The number of ether oxygens (including phenoxy) is 1. The molecular weight excluding hydrogens is 360 g/mol. The van der Waals surface area contributed by atoms with Crippen LogP contribution in [0.15, 0.2) is 36.4 Å². The molecule has 1 aliphatic carbocycles. The van der Waals surface area contributed by atoms with Crippen molar-refractivity contribution in [3.63, 3.8) is 0 Å². The second kappa shape index (κ2) is 7.42. The Hall–Kier alpha value is -2.22. The Morgan fingerprint density at radius 2 is 2.11 bits per heavy atom. The molecule has 2 aromatic rings. The van der Waals surface area contributed by atoms with Gasteiger partial charge in [0.1, 0.15) is 17.6 Å². The minimum atomic E-state index is -0.192. The fraction of sp³-hybridized carbons (Fsp3) is 0.409. The highest BCUT2D eigenvalue weighted by Gasteiger charge is 2.39. The number of nitrogens with zero attached hydrogens (tertiary/aromatic N) is 2. The van der Waals surface area contributed by atoms with Gasteiger partial charge in [0.15, 0.2) is 0 Å². The van der Waals surface area contributed by atoms with Crippen LogP contribution in [-0.4, -0.2) is 29.1 Å². The lowest BCUT2D eigenvalue weighted by molar-refractivity contribution is 0.0505. The number of benzene rings is 2. The third-order valence-corrected chi connectivity index (χ3v) is 5.98. The number of likely N-dealkylation sites (tertiary alicyclic amines) is 1. The number of halogens is 1. The molecule has 3 atom stereocenters. The summed E-state index contributed by atoms with van der Waals surface area (Å²) in [5, 5.41) is 19.5. The van der Waals surface area contributed by atoms with Gasteiger partial charge < -0.3 is 9.84 Å². The second-order valence-corrected chi connectivity index (χ2v) is 8.10. The zero-order valence-electron chi connectivity index (χ0n) is 15.4. The first-order chi connectivity index (χ1) is 13.0. The van der Waals surface area contributed by atoms with Crippen LogP contribution in [0.2, 0.25) is 5.02 Å². The van der Waals surface area contributed by atoms with Crippen LogP contribution in [0.3, 0.4) is 0 Å². The zero-order valence-corrected chi connectivity index (χ0v) is 16.1. The number of hydrogen-bond acceptors (Lipinski definition) is 4. The fourth-order valence-corrected chi connectivity index (χ4v) is 4.59. The molecule has 1 fully saturated rings. The van der Waals surface area contributed by atoms with Crippen LogP contribution < -0.4 is 4.74 Å². The lowest BCUT2D eigenvalue weighted by Crippen LogP contribution is -2.45. The van der Waals surface area contributed by atoms with E-state index < -0.39 is 0 Å². The van der Waals surface area contributed by atoms with Gasteiger partial charge in [-0.1, -0.05) is 24.6 Å². The SMILES string of the molecule is C[C@@H]1CCCN([C@@H]2Cc3ccc(O)cc3[C@H]2Oc2ccc(C#N)cc2Cl)C1. The molecule has 0 radical (unpaired) electrons. The molecule has 4 nitrogen and oxygen atoms in total. The lowest BCUT2D eigenvalue weighted by Gasteiger charge is -2.38. The van der Waals surface area contributed by atoms with E-state index in [0.717, 1.165) is 25.1 Å². The molecule has 1 aliphatic heterocycles. The molecule has 0 spiro atoms. The van der Waals surface area contributed by atoms with E-state index in [1.807, 2.05) is 12.1 Å². The number of piperidine rings is 1. The van der Waals surface area contributed by atoms with Crippen molar-refractivity contribution in [2.75, 3.05) is 13.1 Å². The van der Waals surface area contributed by atoms with Crippen LogP contribution in [-0.2, 0) is 6.42 Å². The molecule has 4 rings (SSSR count). The van der Waals surface area contributed by atoms with Gasteiger partial charge in [-0.15, -0.1) is 0 Å². The van der Waals surface area contributed by atoms with Crippen molar-refractivity contribution in [1.29, 1.82) is 5.26 Å². The van der Waals surface area contributed by atoms with Crippen molar-refractivity contribution < 1.29 is 9.84 Å². The molecule has 0 unspecified atom stereocenters. The lowest BCUT2D eigenvalue weighted by atomic mass is 9.97. The van der Waals surface area contributed by atoms with Crippen molar-refractivity contribution >= 4 is 11.6 Å². The molecule has 2 aromatic carbocycles. The van der Waals surface area contributed by atoms with E-state index in [0.29, 0.717) is 22.3 Å². The smallest absolute Gasteiger partial charge is 0.140 e. The highest BCUT2D eigenvalue weighted by molar-refractivity contribution is 6.32. The van der Waals surface area contributed by atoms with E-state index in [4.69, 9.17) is 21.6 Å². The third kappa shape index (κ3) is 3.63. The summed E-state index contributed by atoms with van der Waals surface area (Å²) in [5.41, 5.74) is 2.75. The minimum Gasteiger partial charge on any atom is -0.508 e. The zero-order chi connectivity index (χ0) is 19.0. The average molecular weight is 383 g/mol. The fourth-order valence-electron chi connectivity index (χ4n) is 4.37. The number of phenolic OH excluding ortho intramolecular Hbond substituents is 1. The summed E-state index contributed by atoms with van der Waals surface area (Å²) in [4.78, 5) is 2.52. The van der Waals surface area contributed by atoms with Crippen molar-refractivity contribution in [2.45, 2.75) is 38.3 Å². The van der Waals surface area contributed by atoms with E-state index in [-0.39, 0.29) is 17.9 Å². The summed E-state index contributed by atoms with van der Waals surface area (Å²) < 4.78 is 6.39. The maximum Gasteiger partial charge on any atom is 0.140 e. The van der Waals surface area contributed by atoms with Crippen molar-refractivity contribution in [1.82, 2.24) is 4.90 Å². The number of rotatable bonds is 3. The van der Waals surface area contributed by atoms with Gasteiger partial charge in [0.25, 0.3) is 0 Å². The van der Waals surface area contributed by atoms with Gasteiger partial charge in [-0.2, -0.15) is 5.26 Å². The maximum absolute atomic E-state index is 10.0. The molecule has 0 bridgehead atoms. The predicted molar refractivity (Wildman–Crippen MR) is 105 cm³/mol. The van der Waals surface area contributed by atoms with Gasteiger partial charge in [-0.3, -0.25) is 4.90 Å². The molecule has 5 heteroatoms. The Labute approximate surface area is 164 Å². The predicted octanol–water partition coefficient (Wildman–Crippen LogP) is 4.69. The number of nitriles is 1. The van der Waals surface area contributed by atoms with Crippen molar-refractivity contribution in [3.05, 3.63) is 58.1 Å². The normalized spacial score (nSPS) is 25.0. The first-order valence-corrected chi connectivity index (χ1v) is 9.85. The largest absolute Gasteiger partial charge is 0.508 e. The van der Waals surface area contributed by atoms with Crippen molar-refractivity contribution in [3.8, 4) is 17.6 Å². The summed E-state index contributed by atoms with van der Waals surface area (Å²) in [6.07, 6.45) is 3.18. The highest BCUT2D eigenvalue weighted by Crippen LogP contribution is 2.42. The van der Waals surface area contributed by atoms with Crippen LogP contribution >= 0.6 is 11.6 Å². The molecule has 0 amide bonds. The van der Waals surface area contributed by atoms with Gasteiger partial charge in [0.05, 0.1) is 22.7 Å². The highest BCUT2D eigenvalue weighted by atomic mass is 35.5. The number of hydrogen-bond donors (Lipinski definition) is 1. The van der Waals surface area contributed by atoms with Crippen LogP contribution in [0.1, 0.15) is 42.6 Å². The van der Waals surface area contributed by atoms with E-state index in [2.05, 4.69) is 17.9 Å². The van der Waals surface area contributed by atoms with E-state index >= 15 is 0 Å². The first kappa shape index (κ1) is 18.2. The van der Waals surface area contributed by atoms with Crippen LogP contribution in [0, 0.1) is 17.2 Å². The molecule has 1 saturated heterocycles. The monoisotopic (exact) mass is 382 g/mol. The van der Waals surface area contributed by atoms with E-state index in [1.54, 1.807) is 24.3 Å². The van der Waals surface area contributed by atoms with Crippen LogP contribution in [0.5, 0.6) is 11.5 Å². The summed E-state index contributed by atoms with van der Waals surface area (Å²) in [6, 6.07) is 13.0. The molecule has 27 heavy (non-hydrogen) atoms. The van der Waals surface area contributed by atoms with Gasteiger partial charge in [0, 0.05) is 12.1 Å². The Balaban J connectivity index is 1.67. The molecular formula is C22H23ClN2O2. The summed E-state index contributed by atoms with van der Waals surface area (Å²) in [7, 11) is 0. The van der Waals surface area contributed by atoms with Crippen LogP contribution in [0.4, 0.5) is 0 Å². The molecule has 0 saturated carbocycles. The van der Waals surface area contributed by atoms with Crippen molar-refractivity contribution in [2.24, 2.45) is 5.92 Å². The standard InChI is InChI=1S/C22H23ClN2O2/c1-14-3-2-8-25(13-14)20-10-16-5-6-17(26)11-18(16)22(20)27-21-7-4-15(12-24)9-19(21)23/h4-7,9,11,14,20,22,26H,2-3,8,10,13H2,1H3/t14-,20-,22-/m1/s1. The third-order valence-electron chi connectivity index (χ3n) is 5.69. The van der Waals surface area contributed by atoms with Gasteiger partial charge in [0.2, 0.25) is 0 Å². The first-order valence-electron chi connectivity index (χ1n) is 9.47. The average Bonchev–Trinajstić information content (AvgIpc) is 3.01. The second-order valence-electron chi connectivity index (χ2n) is 7.69. The summed E-state index contributed by atoms with van der Waals surface area (Å²) in [5.74, 6) is 1.50. The number of phenols is 1.